The summed E-state index contributed by atoms with van der Waals surface area (Å²) >= 11 is 0. The van der Waals surface area contributed by atoms with Crippen LogP contribution in [-0.2, 0) is 14.3 Å². The first-order chi connectivity index (χ1) is 9.49. The summed E-state index contributed by atoms with van der Waals surface area (Å²) < 4.78 is 15.3. The van der Waals surface area contributed by atoms with Crippen LogP contribution in [0.2, 0.25) is 0 Å². The third kappa shape index (κ3) is 6.33. The lowest BCUT2D eigenvalue weighted by Gasteiger charge is -2.08. The van der Waals surface area contributed by atoms with Crippen LogP contribution in [0.4, 0.5) is 0 Å². The molecule has 110 valence electrons. The summed E-state index contributed by atoms with van der Waals surface area (Å²) in [5.41, 5.74) is 0.422. The molecule has 0 aliphatic carbocycles. The quantitative estimate of drug-likeness (QED) is 0.436. The van der Waals surface area contributed by atoms with Crippen molar-refractivity contribution < 1.29 is 23.8 Å². The highest BCUT2D eigenvalue weighted by Gasteiger charge is 2.07. The summed E-state index contributed by atoms with van der Waals surface area (Å²) in [5, 5.41) is 0. The van der Waals surface area contributed by atoms with Crippen LogP contribution in [0.1, 0.15) is 37.6 Å². The normalized spacial score (nSPS) is 10.4. The van der Waals surface area contributed by atoms with Gasteiger partial charge in [-0.3, -0.25) is 4.79 Å². The minimum absolute atomic E-state index is 0.180. The van der Waals surface area contributed by atoms with Gasteiger partial charge in [0, 0.05) is 13.3 Å². The number of hydrogen-bond acceptors (Lipinski definition) is 5. The van der Waals surface area contributed by atoms with Crippen LogP contribution < -0.4 is 4.74 Å². The van der Waals surface area contributed by atoms with Crippen molar-refractivity contribution in [3.63, 3.8) is 0 Å². The number of benzene rings is 1. The third-order valence-corrected chi connectivity index (χ3v) is 2.32. The Morgan fingerprint density at radius 3 is 2.30 bits per heavy atom. The van der Waals surface area contributed by atoms with E-state index < -0.39 is 11.9 Å². The Balaban J connectivity index is 2.34. The van der Waals surface area contributed by atoms with Crippen molar-refractivity contribution in [1.82, 2.24) is 0 Å². The molecule has 0 aliphatic rings. The zero-order valence-electron chi connectivity index (χ0n) is 12.0. The number of esters is 2. The van der Waals surface area contributed by atoms with Gasteiger partial charge < -0.3 is 14.2 Å². The second-order valence-electron chi connectivity index (χ2n) is 4.53. The first-order valence-corrected chi connectivity index (χ1v) is 6.56. The lowest BCUT2D eigenvalue weighted by Crippen LogP contribution is -2.10. The van der Waals surface area contributed by atoms with Gasteiger partial charge in [-0.15, -0.1) is 0 Å². The Morgan fingerprint density at radius 1 is 1.10 bits per heavy atom. The zero-order valence-corrected chi connectivity index (χ0v) is 12.0. The Labute approximate surface area is 118 Å². The maximum atomic E-state index is 11.7. The lowest BCUT2D eigenvalue weighted by molar-refractivity contribution is -0.131. The molecule has 0 aliphatic heterocycles. The third-order valence-electron chi connectivity index (χ3n) is 2.32. The van der Waals surface area contributed by atoms with Gasteiger partial charge in [-0.25, -0.2) is 4.79 Å². The molecule has 0 spiro atoms. The van der Waals surface area contributed by atoms with Crippen molar-refractivity contribution in [3.05, 3.63) is 29.8 Å². The minimum atomic E-state index is -0.399. The molecular weight excluding hydrogens is 260 g/mol. The zero-order chi connectivity index (χ0) is 15.0. The topological polar surface area (TPSA) is 61.8 Å². The molecule has 0 atom stereocenters. The molecule has 0 unspecified atom stereocenters. The van der Waals surface area contributed by atoms with Gasteiger partial charge >= 0.3 is 11.9 Å². The van der Waals surface area contributed by atoms with Gasteiger partial charge in [0.2, 0.25) is 0 Å². The molecule has 0 N–H and O–H groups in total. The predicted molar refractivity (Wildman–Crippen MR) is 73.7 cm³/mol. The van der Waals surface area contributed by atoms with E-state index in [0.29, 0.717) is 30.9 Å². The van der Waals surface area contributed by atoms with E-state index in [1.807, 2.05) is 13.8 Å². The molecule has 1 aromatic rings. The van der Waals surface area contributed by atoms with Crippen molar-refractivity contribution in [1.29, 1.82) is 0 Å². The summed E-state index contributed by atoms with van der Waals surface area (Å²) in [7, 11) is 0. The Hall–Kier alpha value is -1.88. The molecule has 0 saturated carbocycles. The number of rotatable bonds is 7. The SMILES string of the molecule is CC(=O)Oc1ccc(C(=O)OCCCOC(C)C)cc1. The molecule has 0 radical (unpaired) electrons. The van der Waals surface area contributed by atoms with Crippen LogP contribution in [-0.4, -0.2) is 31.3 Å². The summed E-state index contributed by atoms with van der Waals surface area (Å²) in [6, 6.07) is 6.23. The summed E-state index contributed by atoms with van der Waals surface area (Å²) in [6.07, 6.45) is 0.842. The van der Waals surface area contributed by atoms with E-state index in [-0.39, 0.29) is 6.10 Å². The largest absolute Gasteiger partial charge is 0.462 e. The molecule has 0 aromatic heterocycles. The van der Waals surface area contributed by atoms with Gasteiger partial charge in [0.05, 0.1) is 24.9 Å². The van der Waals surface area contributed by atoms with Crippen LogP contribution >= 0.6 is 0 Å². The van der Waals surface area contributed by atoms with Gasteiger partial charge in [0.25, 0.3) is 0 Å². The number of carbonyl (C=O) groups is 2. The highest BCUT2D eigenvalue weighted by atomic mass is 16.5. The monoisotopic (exact) mass is 280 g/mol. The van der Waals surface area contributed by atoms with Crippen molar-refractivity contribution in [2.45, 2.75) is 33.3 Å². The van der Waals surface area contributed by atoms with Gasteiger partial charge in [-0.05, 0) is 38.1 Å². The van der Waals surface area contributed by atoms with Crippen molar-refractivity contribution in [3.8, 4) is 5.75 Å². The van der Waals surface area contributed by atoms with Crippen molar-refractivity contribution in [2.75, 3.05) is 13.2 Å². The molecule has 0 amide bonds. The molecular formula is C15H20O5. The van der Waals surface area contributed by atoms with Gasteiger partial charge in [-0.1, -0.05) is 0 Å². The minimum Gasteiger partial charge on any atom is -0.462 e. The lowest BCUT2D eigenvalue weighted by atomic mass is 10.2. The number of hydrogen-bond donors (Lipinski definition) is 0. The van der Waals surface area contributed by atoms with E-state index in [1.165, 1.54) is 6.92 Å². The average molecular weight is 280 g/mol. The van der Waals surface area contributed by atoms with Crippen LogP contribution in [0.5, 0.6) is 5.75 Å². The smallest absolute Gasteiger partial charge is 0.338 e. The van der Waals surface area contributed by atoms with E-state index >= 15 is 0 Å². The fourth-order valence-corrected chi connectivity index (χ4v) is 1.45. The Kier molecular flexibility index (Phi) is 6.73. The van der Waals surface area contributed by atoms with E-state index in [0.717, 1.165) is 0 Å². The first-order valence-electron chi connectivity index (χ1n) is 6.56. The maximum absolute atomic E-state index is 11.7. The molecule has 0 heterocycles. The van der Waals surface area contributed by atoms with E-state index in [2.05, 4.69) is 0 Å². The molecule has 5 nitrogen and oxygen atoms in total. The fraction of sp³-hybridized carbons (Fsp3) is 0.467. The second-order valence-corrected chi connectivity index (χ2v) is 4.53. The Bertz CT molecular complexity index is 436. The predicted octanol–water partition coefficient (Wildman–Crippen LogP) is 2.58. The fourth-order valence-electron chi connectivity index (χ4n) is 1.45. The summed E-state index contributed by atoms with van der Waals surface area (Å²) in [5.74, 6) is -0.395. The van der Waals surface area contributed by atoms with Crippen LogP contribution in [0, 0.1) is 0 Å². The maximum Gasteiger partial charge on any atom is 0.338 e. The number of carbonyl (C=O) groups excluding carboxylic acids is 2. The molecule has 20 heavy (non-hydrogen) atoms. The van der Waals surface area contributed by atoms with Crippen LogP contribution in [0.15, 0.2) is 24.3 Å². The van der Waals surface area contributed by atoms with Crippen LogP contribution in [0.3, 0.4) is 0 Å². The summed E-state index contributed by atoms with van der Waals surface area (Å²) in [6.45, 7) is 6.11. The Morgan fingerprint density at radius 2 is 1.75 bits per heavy atom. The molecule has 1 aromatic carbocycles. The van der Waals surface area contributed by atoms with Gasteiger partial charge in [0.1, 0.15) is 5.75 Å². The standard InChI is InChI=1S/C15H20O5/c1-11(2)18-9-4-10-19-15(17)13-5-7-14(8-6-13)20-12(3)16/h5-8,11H,4,9-10H2,1-3H3. The first kappa shape index (κ1) is 16.2. The second kappa shape index (κ2) is 8.32. The number of ether oxygens (including phenoxy) is 3. The molecule has 0 bridgehead atoms. The van der Waals surface area contributed by atoms with Crippen molar-refractivity contribution >= 4 is 11.9 Å². The highest BCUT2D eigenvalue weighted by molar-refractivity contribution is 5.89. The molecule has 0 saturated heterocycles. The van der Waals surface area contributed by atoms with E-state index in [1.54, 1.807) is 24.3 Å². The molecule has 0 fully saturated rings. The van der Waals surface area contributed by atoms with E-state index in [9.17, 15) is 9.59 Å². The van der Waals surface area contributed by atoms with Crippen molar-refractivity contribution in [2.24, 2.45) is 0 Å². The van der Waals surface area contributed by atoms with Gasteiger partial charge in [0.15, 0.2) is 0 Å². The van der Waals surface area contributed by atoms with Gasteiger partial charge in [-0.2, -0.15) is 0 Å². The molecule has 1 rings (SSSR count). The molecule has 5 heteroatoms. The van der Waals surface area contributed by atoms with Crippen LogP contribution in [0.25, 0.3) is 0 Å². The summed E-state index contributed by atoms with van der Waals surface area (Å²) in [4.78, 5) is 22.5. The van der Waals surface area contributed by atoms with E-state index in [4.69, 9.17) is 14.2 Å². The highest BCUT2D eigenvalue weighted by Crippen LogP contribution is 2.13. The average Bonchev–Trinajstić information content (AvgIpc) is 2.38.